The Bertz CT molecular complexity index is 905. The van der Waals surface area contributed by atoms with Crippen molar-refractivity contribution in [1.29, 1.82) is 0 Å². The summed E-state index contributed by atoms with van der Waals surface area (Å²) in [7, 11) is 3.46. The SMILES string of the molecule is CN=C(NCCCn1c(C)nc2ccccc21)NCc1ccc(OC)cc1.I. The largest absolute Gasteiger partial charge is 0.497 e. The van der Waals surface area contributed by atoms with E-state index in [0.29, 0.717) is 0 Å². The predicted octanol–water partition coefficient (Wildman–Crippen LogP) is 3.73. The summed E-state index contributed by atoms with van der Waals surface area (Å²) in [5.74, 6) is 2.72. The van der Waals surface area contributed by atoms with Gasteiger partial charge in [-0.25, -0.2) is 4.98 Å². The number of fused-ring (bicyclic) bond motifs is 1. The van der Waals surface area contributed by atoms with E-state index in [1.165, 1.54) is 11.1 Å². The first-order valence-corrected chi connectivity index (χ1v) is 9.20. The Morgan fingerprint density at radius 1 is 1.11 bits per heavy atom. The Morgan fingerprint density at radius 2 is 1.86 bits per heavy atom. The molecule has 1 aromatic heterocycles. The van der Waals surface area contributed by atoms with Gasteiger partial charge in [0.05, 0.1) is 18.1 Å². The topological polar surface area (TPSA) is 63.5 Å². The molecule has 3 aromatic rings. The molecule has 0 radical (unpaired) electrons. The van der Waals surface area contributed by atoms with Gasteiger partial charge in [-0.2, -0.15) is 0 Å². The van der Waals surface area contributed by atoms with Gasteiger partial charge in [-0.3, -0.25) is 4.99 Å². The minimum absolute atomic E-state index is 0. The molecule has 150 valence electrons. The van der Waals surface area contributed by atoms with Gasteiger partial charge >= 0.3 is 0 Å². The maximum atomic E-state index is 5.18. The molecule has 6 nitrogen and oxygen atoms in total. The number of methoxy groups -OCH3 is 1. The fraction of sp³-hybridized carbons (Fsp3) is 0.333. The number of aliphatic imine (C=N–C) groups is 1. The molecule has 0 aliphatic heterocycles. The quantitative estimate of drug-likeness (QED) is 0.228. The van der Waals surface area contributed by atoms with Crippen molar-refractivity contribution < 1.29 is 4.74 Å². The van der Waals surface area contributed by atoms with Crippen molar-refractivity contribution in [2.75, 3.05) is 20.7 Å². The normalized spacial score (nSPS) is 11.2. The summed E-state index contributed by atoms with van der Waals surface area (Å²) in [5, 5.41) is 6.71. The Hall–Kier alpha value is -2.29. The van der Waals surface area contributed by atoms with Crippen LogP contribution in [0.1, 0.15) is 17.8 Å². The van der Waals surface area contributed by atoms with Gasteiger partial charge in [-0.15, -0.1) is 24.0 Å². The lowest BCUT2D eigenvalue weighted by Gasteiger charge is -2.13. The van der Waals surface area contributed by atoms with Crippen LogP contribution in [-0.2, 0) is 13.1 Å². The highest BCUT2D eigenvalue weighted by molar-refractivity contribution is 14.0. The number of benzene rings is 2. The lowest BCUT2D eigenvalue weighted by Crippen LogP contribution is -2.37. The van der Waals surface area contributed by atoms with Crippen LogP contribution >= 0.6 is 24.0 Å². The van der Waals surface area contributed by atoms with Crippen molar-refractivity contribution in [1.82, 2.24) is 20.2 Å². The zero-order valence-corrected chi connectivity index (χ0v) is 18.9. The molecule has 0 aliphatic rings. The number of rotatable bonds is 7. The maximum absolute atomic E-state index is 5.18. The van der Waals surface area contributed by atoms with Gasteiger partial charge in [0.15, 0.2) is 5.96 Å². The van der Waals surface area contributed by atoms with Crippen molar-refractivity contribution in [2.24, 2.45) is 4.99 Å². The van der Waals surface area contributed by atoms with E-state index in [1.807, 2.05) is 30.3 Å². The molecule has 2 N–H and O–H groups in total. The highest BCUT2D eigenvalue weighted by atomic mass is 127. The van der Waals surface area contributed by atoms with Gasteiger partial charge in [0.1, 0.15) is 11.6 Å². The summed E-state index contributed by atoms with van der Waals surface area (Å²) >= 11 is 0. The number of imidazole rings is 1. The van der Waals surface area contributed by atoms with Crippen molar-refractivity contribution in [2.45, 2.75) is 26.4 Å². The monoisotopic (exact) mass is 493 g/mol. The maximum Gasteiger partial charge on any atom is 0.191 e. The lowest BCUT2D eigenvalue weighted by atomic mass is 10.2. The van der Waals surface area contributed by atoms with Crippen LogP contribution in [0.15, 0.2) is 53.5 Å². The highest BCUT2D eigenvalue weighted by Crippen LogP contribution is 2.15. The molecule has 0 atom stereocenters. The summed E-state index contributed by atoms with van der Waals surface area (Å²) in [5.41, 5.74) is 3.43. The van der Waals surface area contributed by atoms with Crippen LogP contribution in [0.2, 0.25) is 0 Å². The van der Waals surface area contributed by atoms with E-state index in [9.17, 15) is 0 Å². The molecule has 0 amide bonds. The Labute approximate surface area is 183 Å². The van der Waals surface area contributed by atoms with Crippen LogP contribution in [-0.4, -0.2) is 36.2 Å². The molecule has 28 heavy (non-hydrogen) atoms. The summed E-state index contributed by atoms with van der Waals surface area (Å²) in [6, 6.07) is 16.3. The van der Waals surface area contributed by atoms with E-state index in [2.05, 4.69) is 50.3 Å². The standard InChI is InChI=1S/C21H27N5O.HI/c1-16-25-19-7-4-5-8-20(19)26(16)14-6-13-23-21(22-2)24-15-17-9-11-18(27-3)12-10-17;/h4-5,7-12H,6,13-15H2,1-3H3,(H2,22,23,24);1H. The van der Waals surface area contributed by atoms with Crippen LogP contribution in [0, 0.1) is 6.92 Å². The zero-order valence-electron chi connectivity index (χ0n) is 16.6. The molecule has 0 saturated heterocycles. The molecular formula is C21H28IN5O. The summed E-state index contributed by atoms with van der Waals surface area (Å²) in [6.07, 6.45) is 0.991. The molecule has 0 fully saturated rings. The number of hydrogen-bond acceptors (Lipinski definition) is 3. The van der Waals surface area contributed by atoms with Gasteiger partial charge in [0.25, 0.3) is 0 Å². The second-order valence-electron chi connectivity index (χ2n) is 6.35. The number of nitrogens with zero attached hydrogens (tertiary/aromatic N) is 3. The second kappa shape index (κ2) is 10.9. The van der Waals surface area contributed by atoms with E-state index < -0.39 is 0 Å². The molecule has 0 spiro atoms. The number of aromatic nitrogens is 2. The van der Waals surface area contributed by atoms with E-state index >= 15 is 0 Å². The van der Waals surface area contributed by atoms with Crippen molar-refractivity contribution in [3.8, 4) is 5.75 Å². The first kappa shape index (κ1) is 22.0. The molecule has 0 bridgehead atoms. The summed E-state index contributed by atoms with van der Waals surface area (Å²) in [4.78, 5) is 8.91. The molecule has 1 heterocycles. The second-order valence-corrected chi connectivity index (χ2v) is 6.35. The van der Waals surface area contributed by atoms with Gasteiger partial charge in [-0.05, 0) is 43.2 Å². The summed E-state index contributed by atoms with van der Waals surface area (Å²) < 4.78 is 7.45. The third-order valence-electron chi connectivity index (χ3n) is 4.54. The van der Waals surface area contributed by atoms with E-state index in [0.717, 1.165) is 49.1 Å². The Morgan fingerprint density at radius 3 is 2.57 bits per heavy atom. The Balaban J connectivity index is 0.00000280. The first-order chi connectivity index (χ1) is 13.2. The number of aryl methyl sites for hydroxylation is 2. The fourth-order valence-corrected chi connectivity index (χ4v) is 3.07. The minimum atomic E-state index is 0. The number of guanidine groups is 1. The van der Waals surface area contributed by atoms with E-state index in [-0.39, 0.29) is 24.0 Å². The van der Waals surface area contributed by atoms with Gasteiger partial charge < -0.3 is 19.9 Å². The third kappa shape index (κ3) is 5.60. The number of para-hydroxylation sites is 2. The molecule has 0 unspecified atom stereocenters. The molecule has 7 heteroatoms. The van der Waals surface area contributed by atoms with Crippen molar-refractivity contribution >= 4 is 41.0 Å². The predicted molar refractivity (Wildman–Crippen MR) is 126 cm³/mol. The van der Waals surface area contributed by atoms with Gasteiger partial charge in [-0.1, -0.05) is 24.3 Å². The third-order valence-corrected chi connectivity index (χ3v) is 4.54. The van der Waals surface area contributed by atoms with E-state index in [1.54, 1.807) is 14.2 Å². The smallest absolute Gasteiger partial charge is 0.191 e. The first-order valence-electron chi connectivity index (χ1n) is 9.20. The molecular weight excluding hydrogens is 465 g/mol. The van der Waals surface area contributed by atoms with Gasteiger partial charge in [0.2, 0.25) is 0 Å². The number of nitrogens with one attached hydrogen (secondary N) is 2. The van der Waals surface area contributed by atoms with Crippen LogP contribution in [0.5, 0.6) is 5.75 Å². The van der Waals surface area contributed by atoms with Crippen molar-refractivity contribution in [3.63, 3.8) is 0 Å². The Kier molecular flexibility index (Phi) is 8.56. The molecule has 2 aromatic carbocycles. The van der Waals surface area contributed by atoms with Crippen molar-refractivity contribution in [3.05, 3.63) is 59.9 Å². The van der Waals surface area contributed by atoms with Gasteiger partial charge in [0, 0.05) is 26.7 Å². The average Bonchev–Trinajstić information content (AvgIpc) is 3.03. The van der Waals surface area contributed by atoms with Crippen LogP contribution in [0.4, 0.5) is 0 Å². The zero-order chi connectivity index (χ0) is 19.1. The number of halogens is 1. The van der Waals surface area contributed by atoms with Crippen LogP contribution in [0.25, 0.3) is 11.0 Å². The number of ether oxygens (including phenoxy) is 1. The minimum Gasteiger partial charge on any atom is -0.497 e. The molecule has 3 rings (SSSR count). The fourth-order valence-electron chi connectivity index (χ4n) is 3.07. The molecule has 0 aliphatic carbocycles. The summed E-state index contributed by atoms with van der Waals surface area (Å²) in [6.45, 7) is 4.54. The average molecular weight is 493 g/mol. The van der Waals surface area contributed by atoms with Crippen LogP contribution < -0.4 is 15.4 Å². The number of hydrogen-bond donors (Lipinski definition) is 2. The van der Waals surface area contributed by atoms with Crippen LogP contribution in [0.3, 0.4) is 0 Å². The molecule has 0 saturated carbocycles. The highest BCUT2D eigenvalue weighted by Gasteiger charge is 2.06. The lowest BCUT2D eigenvalue weighted by molar-refractivity contribution is 0.414. The van der Waals surface area contributed by atoms with E-state index in [4.69, 9.17) is 4.74 Å².